The maximum atomic E-state index is 13.0. The zero-order chi connectivity index (χ0) is 32.5. The summed E-state index contributed by atoms with van der Waals surface area (Å²) in [6.45, 7) is 8.35. The monoisotopic (exact) mass is 648 g/mol. The largest absolute Gasteiger partial charge is 0.490 e. The van der Waals surface area contributed by atoms with Gasteiger partial charge in [-0.05, 0) is 44.4 Å². The second-order valence-electron chi connectivity index (χ2n) is 9.63. The SMILES string of the molecule is CC(C)N1CCOC[C@@]2(CC[C@H](CNCc3ccc(Cl)c(C(F)(F)F)c3)O2)C1.O=C(O)C(F)(F)F.O=C(O)C(F)(F)F. The lowest BCUT2D eigenvalue weighted by Crippen LogP contribution is -2.47. The van der Waals surface area contributed by atoms with Crippen molar-refractivity contribution in [3.05, 3.63) is 34.3 Å². The number of aliphatic carboxylic acids is 2. The first-order chi connectivity index (χ1) is 19.1. The molecule has 1 aromatic carbocycles. The molecule has 0 bridgehead atoms. The van der Waals surface area contributed by atoms with Gasteiger partial charge in [0, 0.05) is 32.2 Å². The van der Waals surface area contributed by atoms with Crippen LogP contribution in [-0.2, 0) is 31.8 Å². The van der Waals surface area contributed by atoms with Crippen LogP contribution in [0.3, 0.4) is 0 Å². The van der Waals surface area contributed by atoms with Gasteiger partial charge in [-0.15, -0.1) is 0 Å². The van der Waals surface area contributed by atoms with Crippen LogP contribution in [0.2, 0.25) is 5.02 Å². The molecule has 1 spiro atoms. The molecule has 18 heteroatoms. The minimum absolute atomic E-state index is 0.0325. The van der Waals surface area contributed by atoms with Crippen LogP contribution in [0, 0.1) is 0 Å². The number of carboxylic acid groups (broad SMARTS) is 2. The van der Waals surface area contributed by atoms with Gasteiger partial charge in [0.05, 0.1) is 29.9 Å². The van der Waals surface area contributed by atoms with Crippen molar-refractivity contribution in [3.8, 4) is 0 Å². The fourth-order valence-electron chi connectivity index (χ4n) is 3.91. The van der Waals surface area contributed by atoms with E-state index in [-0.39, 0.29) is 16.7 Å². The molecule has 8 nitrogen and oxygen atoms in total. The van der Waals surface area contributed by atoms with Gasteiger partial charge in [0.15, 0.2) is 0 Å². The molecule has 0 amide bonds. The number of carbonyl (C=O) groups is 2. The van der Waals surface area contributed by atoms with Crippen LogP contribution in [0.25, 0.3) is 0 Å². The van der Waals surface area contributed by atoms with Gasteiger partial charge in [-0.2, -0.15) is 39.5 Å². The van der Waals surface area contributed by atoms with Gasteiger partial charge in [-0.1, -0.05) is 17.7 Å². The first kappa shape index (κ1) is 37.7. The molecule has 0 radical (unpaired) electrons. The molecule has 0 saturated carbocycles. The molecule has 0 aliphatic carbocycles. The number of nitrogens with zero attached hydrogens (tertiary/aromatic N) is 1. The third-order valence-electron chi connectivity index (χ3n) is 5.97. The smallest absolute Gasteiger partial charge is 0.475 e. The number of hydrogen-bond acceptors (Lipinski definition) is 6. The van der Waals surface area contributed by atoms with Crippen LogP contribution in [0.5, 0.6) is 0 Å². The third kappa shape index (κ3) is 12.9. The average molecular weight is 649 g/mol. The Bertz CT molecular complexity index is 1010. The van der Waals surface area contributed by atoms with Crippen LogP contribution < -0.4 is 5.32 Å². The van der Waals surface area contributed by atoms with Gasteiger partial charge in [-0.25, -0.2) is 9.59 Å². The summed E-state index contributed by atoms with van der Waals surface area (Å²) in [4.78, 5) is 20.2. The number of carboxylic acids is 2. The van der Waals surface area contributed by atoms with Gasteiger partial charge in [0.2, 0.25) is 0 Å². The maximum absolute atomic E-state index is 13.0. The summed E-state index contributed by atoms with van der Waals surface area (Å²) in [5, 5.41) is 17.2. The molecule has 42 heavy (non-hydrogen) atoms. The van der Waals surface area contributed by atoms with Gasteiger partial charge in [-0.3, -0.25) is 4.90 Å². The zero-order valence-corrected chi connectivity index (χ0v) is 23.1. The average Bonchev–Trinajstić information content (AvgIpc) is 3.10. The lowest BCUT2D eigenvalue weighted by Gasteiger charge is -2.34. The molecule has 1 aromatic rings. The second kappa shape index (κ2) is 15.4. The number of rotatable bonds is 5. The van der Waals surface area contributed by atoms with E-state index < -0.39 is 36.0 Å². The molecule has 0 unspecified atom stereocenters. The fraction of sp³-hybridized carbons (Fsp3) is 0.667. The summed E-state index contributed by atoms with van der Waals surface area (Å²) in [7, 11) is 0. The topological polar surface area (TPSA) is 108 Å². The van der Waals surface area contributed by atoms with E-state index >= 15 is 0 Å². The van der Waals surface area contributed by atoms with Crippen LogP contribution in [0.15, 0.2) is 18.2 Å². The Hall–Kier alpha value is -2.34. The Balaban J connectivity index is 0.000000522. The van der Waals surface area contributed by atoms with E-state index in [1.807, 2.05) is 0 Å². The molecule has 3 rings (SSSR count). The highest BCUT2D eigenvalue weighted by molar-refractivity contribution is 6.31. The second-order valence-corrected chi connectivity index (χ2v) is 10.0. The highest BCUT2D eigenvalue weighted by Crippen LogP contribution is 2.35. The van der Waals surface area contributed by atoms with Gasteiger partial charge < -0.3 is 25.0 Å². The van der Waals surface area contributed by atoms with Crippen molar-refractivity contribution in [1.29, 1.82) is 0 Å². The highest BCUT2D eigenvalue weighted by Gasteiger charge is 2.43. The van der Waals surface area contributed by atoms with Crippen molar-refractivity contribution in [3.63, 3.8) is 0 Å². The molecule has 0 aromatic heterocycles. The van der Waals surface area contributed by atoms with E-state index in [0.717, 1.165) is 32.0 Å². The summed E-state index contributed by atoms with van der Waals surface area (Å²) in [5.41, 5.74) is -0.529. The van der Waals surface area contributed by atoms with Gasteiger partial charge in [0.1, 0.15) is 5.60 Å². The van der Waals surface area contributed by atoms with E-state index in [4.69, 9.17) is 40.9 Å². The summed E-state index contributed by atoms with van der Waals surface area (Å²) < 4.78 is 115. The van der Waals surface area contributed by atoms with Crippen molar-refractivity contribution in [1.82, 2.24) is 10.2 Å². The first-order valence-electron chi connectivity index (χ1n) is 12.2. The molecule has 2 fully saturated rings. The summed E-state index contributed by atoms with van der Waals surface area (Å²) in [6.07, 6.45) is -12.7. The third-order valence-corrected chi connectivity index (χ3v) is 6.30. The van der Waals surface area contributed by atoms with Crippen LogP contribution >= 0.6 is 11.6 Å². The molecule has 3 N–H and O–H groups in total. The van der Waals surface area contributed by atoms with Gasteiger partial charge >= 0.3 is 30.5 Å². The van der Waals surface area contributed by atoms with E-state index in [1.54, 1.807) is 6.07 Å². The molecule has 2 aliphatic heterocycles. The standard InChI is InChI=1S/C20H28ClF3N2O2.2C2HF3O2/c1-14(2)26-7-8-27-13-19(12-26)6-5-16(28-19)11-25-10-15-3-4-18(21)17(9-15)20(22,23)24;2*3-2(4,5)1(6)7/h3-4,9,14,16,25H,5-8,10-13H2,1-2H3;2*(H,6,7)/t16-,19-;;/m1../s1. The number of benzene rings is 1. The Morgan fingerprint density at radius 1 is 1.07 bits per heavy atom. The van der Waals surface area contributed by atoms with Crippen molar-refractivity contribution >= 4 is 23.5 Å². The van der Waals surface area contributed by atoms with E-state index in [0.29, 0.717) is 37.9 Å². The van der Waals surface area contributed by atoms with Crippen molar-refractivity contribution in [2.45, 2.75) is 69.5 Å². The minimum Gasteiger partial charge on any atom is -0.475 e. The summed E-state index contributed by atoms with van der Waals surface area (Å²) in [6, 6.07) is 4.45. The fourth-order valence-corrected chi connectivity index (χ4v) is 4.14. The number of ether oxygens (including phenoxy) is 2. The predicted molar refractivity (Wildman–Crippen MR) is 130 cm³/mol. The Kier molecular flexibility index (Phi) is 13.8. The minimum atomic E-state index is -5.08. The highest BCUT2D eigenvalue weighted by atomic mass is 35.5. The van der Waals surface area contributed by atoms with Crippen LogP contribution in [0.4, 0.5) is 39.5 Å². The quantitative estimate of drug-likeness (QED) is 0.366. The summed E-state index contributed by atoms with van der Waals surface area (Å²) in [5.74, 6) is -5.51. The lowest BCUT2D eigenvalue weighted by molar-refractivity contribution is -0.193. The molecule has 242 valence electrons. The molecular weight excluding hydrogens is 619 g/mol. The lowest BCUT2D eigenvalue weighted by atomic mass is 9.99. The van der Waals surface area contributed by atoms with E-state index in [2.05, 4.69) is 24.1 Å². The van der Waals surface area contributed by atoms with E-state index in [1.165, 1.54) is 6.07 Å². The number of nitrogens with one attached hydrogen (secondary N) is 1. The normalized spacial score (nSPS) is 21.7. The summed E-state index contributed by atoms with van der Waals surface area (Å²) >= 11 is 5.67. The van der Waals surface area contributed by atoms with Crippen LogP contribution in [-0.4, -0.2) is 90.0 Å². The first-order valence-corrected chi connectivity index (χ1v) is 12.6. The molecule has 2 saturated heterocycles. The zero-order valence-electron chi connectivity index (χ0n) is 22.3. The Morgan fingerprint density at radius 3 is 2.10 bits per heavy atom. The Labute approximate surface area is 239 Å². The van der Waals surface area contributed by atoms with Gasteiger partial charge in [0.25, 0.3) is 0 Å². The Morgan fingerprint density at radius 2 is 1.62 bits per heavy atom. The molecule has 2 atom stereocenters. The van der Waals surface area contributed by atoms with Crippen molar-refractivity contribution in [2.24, 2.45) is 0 Å². The van der Waals surface area contributed by atoms with Crippen molar-refractivity contribution in [2.75, 3.05) is 32.8 Å². The number of hydrogen-bond donors (Lipinski definition) is 3. The number of alkyl halides is 9. The predicted octanol–water partition coefficient (Wildman–Crippen LogP) is 5.37. The molecule has 2 aliphatic rings. The van der Waals surface area contributed by atoms with E-state index in [9.17, 15) is 39.5 Å². The maximum Gasteiger partial charge on any atom is 0.490 e. The number of halogens is 10. The molecule has 2 heterocycles. The van der Waals surface area contributed by atoms with Crippen LogP contribution in [0.1, 0.15) is 37.8 Å². The van der Waals surface area contributed by atoms with Crippen molar-refractivity contribution < 1.29 is 68.8 Å². The molecular formula is C24H30ClF9N2O6.